The molecule has 0 aliphatic carbocycles. The van der Waals surface area contributed by atoms with Gasteiger partial charge in [-0.3, -0.25) is 23.9 Å². The Morgan fingerprint density at radius 2 is 1.97 bits per heavy atom. The molecule has 0 radical (unpaired) electrons. The Kier molecular flexibility index (Phi) is 7.96. The maximum Gasteiger partial charge on any atom is 0.330 e. The number of carbonyl (C=O) groups is 2. The highest BCUT2D eigenvalue weighted by Gasteiger charge is 2.49. The van der Waals surface area contributed by atoms with Crippen LogP contribution in [0.15, 0.2) is 46.1 Å². The maximum atomic E-state index is 13.0. The molecule has 10 nitrogen and oxygen atoms in total. The van der Waals surface area contributed by atoms with Crippen LogP contribution in [-0.4, -0.2) is 57.3 Å². The van der Waals surface area contributed by atoms with Gasteiger partial charge in [-0.1, -0.05) is 37.3 Å². The van der Waals surface area contributed by atoms with Crippen molar-refractivity contribution in [2.75, 3.05) is 6.61 Å². The van der Waals surface area contributed by atoms with Gasteiger partial charge in [0.1, 0.15) is 12.2 Å². The van der Waals surface area contributed by atoms with E-state index in [0.29, 0.717) is 6.42 Å². The van der Waals surface area contributed by atoms with E-state index in [9.17, 15) is 24.3 Å². The Hall–Kier alpha value is -3.08. The molecule has 1 aromatic heterocycles. The fourth-order valence-electron chi connectivity index (χ4n) is 3.70. The number of amides is 1. The molecule has 1 aliphatic rings. The first kappa shape index (κ1) is 24.6. The molecule has 178 valence electrons. The van der Waals surface area contributed by atoms with E-state index in [0.717, 1.165) is 10.1 Å². The molecule has 1 aliphatic heterocycles. The zero-order chi connectivity index (χ0) is 24.1. The summed E-state index contributed by atoms with van der Waals surface area (Å²) in [7, 11) is 0. The van der Waals surface area contributed by atoms with E-state index in [-0.39, 0.29) is 24.4 Å². The van der Waals surface area contributed by atoms with Crippen LogP contribution in [0.4, 0.5) is 0 Å². The average molecular weight is 459 g/mol. The van der Waals surface area contributed by atoms with Crippen molar-refractivity contribution in [3.05, 3.63) is 68.5 Å². The van der Waals surface area contributed by atoms with Gasteiger partial charge in [0.15, 0.2) is 18.1 Å². The van der Waals surface area contributed by atoms with E-state index in [4.69, 9.17) is 9.47 Å². The van der Waals surface area contributed by atoms with Crippen molar-refractivity contribution in [1.82, 2.24) is 14.9 Å². The summed E-state index contributed by atoms with van der Waals surface area (Å²) in [5.41, 5.74) is -0.169. The number of H-pyrrole nitrogens is 1. The highest BCUT2D eigenvalue weighted by molar-refractivity contribution is 5.90. The van der Waals surface area contributed by atoms with Crippen LogP contribution in [0, 0.1) is 6.92 Å². The summed E-state index contributed by atoms with van der Waals surface area (Å²) in [5.74, 6) is -0.942. The number of nitrogens with zero attached hydrogens (tertiary/aromatic N) is 1. The highest BCUT2D eigenvalue weighted by atomic mass is 16.6. The zero-order valence-corrected chi connectivity index (χ0v) is 18.8. The second-order valence-electron chi connectivity index (χ2n) is 8.11. The topological polar surface area (TPSA) is 140 Å². The lowest BCUT2D eigenvalue weighted by molar-refractivity contribution is -0.140. The number of carbonyl (C=O) groups excluding carboxylic acids is 2. The highest BCUT2D eigenvalue weighted by Crippen LogP contribution is 2.31. The Morgan fingerprint density at radius 3 is 2.61 bits per heavy atom. The SMILES string of the molecule is CCCOC1[C@@H](O)[C@@H](C(=O)NC(Cc2ccccc2)C(C)=O)O[C@@H]1n1cc(C)c(=O)[nH]c1=O. The van der Waals surface area contributed by atoms with E-state index in [1.807, 2.05) is 37.3 Å². The molecule has 2 unspecified atom stereocenters. The summed E-state index contributed by atoms with van der Waals surface area (Å²) in [4.78, 5) is 51.5. The number of aromatic nitrogens is 2. The van der Waals surface area contributed by atoms with Crippen LogP contribution < -0.4 is 16.6 Å². The summed E-state index contributed by atoms with van der Waals surface area (Å²) < 4.78 is 12.6. The van der Waals surface area contributed by atoms with E-state index < -0.39 is 47.7 Å². The number of hydrogen-bond donors (Lipinski definition) is 3. The molecule has 1 amide bonds. The van der Waals surface area contributed by atoms with Gasteiger partial charge in [-0.15, -0.1) is 0 Å². The number of benzene rings is 1. The van der Waals surface area contributed by atoms with Crippen molar-refractivity contribution in [1.29, 1.82) is 0 Å². The fraction of sp³-hybridized carbons (Fsp3) is 0.478. The number of ether oxygens (including phenoxy) is 2. The van der Waals surface area contributed by atoms with Gasteiger partial charge in [-0.05, 0) is 32.3 Å². The number of ketones is 1. The van der Waals surface area contributed by atoms with E-state index in [1.54, 1.807) is 0 Å². The first-order valence-electron chi connectivity index (χ1n) is 10.8. The lowest BCUT2D eigenvalue weighted by Crippen LogP contribution is -2.49. The van der Waals surface area contributed by atoms with Gasteiger partial charge >= 0.3 is 5.69 Å². The number of Topliss-reactive ketones (excluding diaryl/α,β-unsaturated/α-hetero) is 1. The molecule has 3 rings (SSSR count). The van der Waals surface area contributed by atoms with Crippen LogP contribution >= 0.6 is 0 Å². The van der Waals surface area contributed by atoms with Gasteiger partial charge in [-0.2, -0.15) is 0 Å². The minimum atomic E-state index is -1.40. The summed E-state index contributed by atoms with van der Waals surface area (Å²) in [6, 6.07) is 8.40. The lowest BCUT2D eigenvalue weighted by Gasteiger charge is -2.22. The standard InChI is InChI=1S/C23H29N3O7/c1-4-10-32-19-17(28)18(33-22(19)26-12-13(2)20(29)25-23(26)31)21(30)24-16(14(3)27)11-15-8-6-5-7-9-15/h5-9,12,16-19,22,28H,4,10-11H2,1-3H3,(H,24,30)(H,25,29,31)/t16?,17-,18-,19?,22-/m0/s1. The van der Waals surface area contributed by atoms with Gasteiger partial charge in [0.25, 0.3) is 11.5 Å². The number of aliphatic hydroxyl groups excluding tert-OH is 1. The van der Waals surface area contributed by atoms with Gasteiger partial charge in [0.05, 0.1) is 6.04 Å². The predicted octanol–water partition coefficient (Wildman–Crippen LogP) is 0.215. The molecule has 2 aromatic rings. The van der Waals surface area contributed by atoms with Crippen LogP contribution in [0.25, 0.3) is 0 Å². The number of aliphatic hydroxyl groups is 1. The molecular formula is C23H29N3O7. The molecule has 10 heteroatoms. The first-order valence-corrected chi connectivity index (χ1v) is 10.8. The minimum absolute atomic E-state index is 0.248. The molecule has 0 bridgehead atoms. The molecule has 0 saturated carbocycles. The molecular weight excluding hydrogens is 430 g/mol. The van der Waals surface area contributed by atoms with Crippen molar-refractivity contribution in [2.45, 2.75) is 64.2 Å². The third-order valence-electron chi connectivity index (χ3n) is 5.50. The molecule has 3 N–H and O–H groups in total. The lowest BCUT2D eigenvalue weighted by atomic mass is 10.0. The van der Waals surface area contributed by atoms with Crippen LogP contribution in [0.1, 0.15) is 37.6 Å². The van der Waals surface area contributed by atoms with Crippen molar-refractivity contribution in [3.63, 3.8) is 0 Å². The van der Waals surface area contributed by atoms with Crippen LogP contribution in [0.5, 0.6) is 0 Å². The normalized spacial score (nSPS) is 23.3. The Balaban J connectivity index is 1.84. The number of hydrogen-bond acceptors (Lipinski definition) is 7. The Bertz CT molecular complexity index is 1100. The Labute approximate surface area is 190 Å². The monoisotopic (exact) mass is 459 g/mol. The summed E-state index contributed by atoms with van der Waals surface area (Å²) >= 11 is 0. The second kappa shape index (κ2) is 10.7. The fourth-order valence-corrected chi connectivity index (χ4v) is 3.70. The van der Waals surface area contributed by atoms with Crippen LogP contribution in [0.3, 0.4) is 0 Å². The van der Waals surface area contributed by atoms with Gasteiger partial charge < -0.3 is 19.9 Å². The summed E-state index contributed by atoms with van der Waals surface area (Å²) in [6.45, 7) is 5.03. The van der Waals surface area contributed by atoms with Crippen molar-refractivity contribution < 1.29 is 24.2 Å². The zero-order valence-electron chi connectivity index (χ0n) is 18.8. The third-order valence-corrected chi connectivity index (χ3v) is 5.50. The smallest absolute Gasteiger partial charge is 0.330 e. The van der Waals surface area contributed by atoms with Crippen molar-refractivity contribution in [3.8, 4) is 0 Å². The van der Waals surface area contributed by atoms with E-state index in [2.05, 4.69) is 10.3 Å². The van der Waals surface area contributed by atoms with Gasteiger partial charge in [-0.25, -0.2) is 4.79 Å². The number of aryl methyl sites for hydroxylation is 1. The summed E-state index contributed by atoms with van der Waals surface area (Å²) in [6.07, 6.45) is -2.74. The largest absolute Gasteiger partial charge is 0.387 e. The molecule has 0 spiro atoms. The number of rotatable bonds is 9. The quantitative estimate of drug-likeness (QED) is 0.487. The summed E-state index contributed by atoms with van der Waals surface area (Å²) in [5, 5.41) is 13.5. The van der Waals surface area contributed by atoms with E-state index in [1.165, 1.54) is 20.0 Å². The number of nitrogens with one attached hydrogen (secondary N) is 2. The molecule has 1 aromatic carbocycles. The van der Waals surface area contributed by atoms with Gasteiger partial charge in [0, 0.05) is 18.4 Å². The first-order chi connectivity index (χ1) is 15.7. The average Bonchev–Trinajstić information content (AvgIpc) is 3.11. The van der Waals surface area contributed by atoms with E-state index >= 15 is 0 Å². The van der Waals surface area contributed by atoms with Gasteiger partial charge in [0.2, 0.25) is 0 Å². The van der Waals surface area contributed by atoms with Crippen LogP contribution in [-0.2, 0) is 25.5 Å². The minimum Gasteiger partial charge on any atom is -0.387 e. The number of aromatic amines is 1. The molecule has 33 heavy (non-hydrogen) atoms. The maximum absolute atomic E-state index is 13.0. The van der Waals surface area contributed by atoms with Crippen molar-refractivity contribution >= 4 is 11.7 Å². The van der Waals surface area contributed by atoms with Crippen LogP contribution in [0.2, 0.25) is 0 Å². The Morgan fingerprint density at radius 1 is 1.27 bits per heavy atom. The second-order valence-corrected chi connectivity index (χ2v) is 8.11. The molecule has 2 heterocycles. The third kappa shape index (κ3) is 5.65. The molecule has 5 atom stereocenters. The van der Waals surface area contributed by atoms with Crippen molar-refractivity contribution in [2.24, 2.45) is 0 Å². The predicted molar refractivity (Wildman–Crippen MR) is 119 cm³/mol. The molecule has 1 fully saturated rings. The molecule has 1 saturated heterocycles.